The van der Waals surface area contributed by atoms with Crippen LogP contribution in [-0.2, 0) is 11.3 Å². The summed E-state index contributed by atoms with van der Waals surface area (Å²) < 4.78 is 16.2. The highest BCUT2D eigenvalue weighted by Crippen LogP contribution is 2.38. The number of nitrogens with zero attached hydrogens (tertiary/aromatic N) is 1. The minimum Gasteiger partial charge on any atom is -0.475 e. The van der Waals surface area contributed by atoms with Gasteiger partial charge in [0.15, 0.2) is 6.79 Å². The fourth-order valence-electron chi connectivity index (χ4n) is 1.90. The lowest BCUT2D eigenvalue weighted by atomic mass is 10.0. The Hall–Kier alpha value is -1.86. The van der Waals surface area contributed by atoms with Gasteiger partial charge in [0.2, 0.25) is 5.76 Å². The first-order valence-electron chi connectivity index (χ1n) is 5.39. The summed E-state index contributed by atoms with van der Waals surface area (Å²) in [5, 5.41) is 12.6. The lowest BCUT2D eigenvalue weighted by Gasteiger charge is -2.20. The zero-order valence-electron chi connectivity index (χ0n) is 9.55. The molecule has 1 N–H and O–H groups in total. The van der Waals surface area contributed by atoms with Crippen molar-refractivity contribution in [2.75, 3.05) is 6.79 Å². The molecule has 98 valence electrons. The smallest absolute Gasteiger partial charge is 0.374 e. The Kier molecular flexibility index (Phi) is 3.00. The van der Waals surface area contributed by atoms with Crippen molar-refractivity contribution in [1.29, 1.82) is 0 Å². The monoisotopic (exact) mass is 325 g/mol. The summed E-state index contributed by atoms with van der Waals surface area (Å²) >= 11 is 3.42. The Bertz CT molecular complexity index is 652. The number of benzene rings is 1. The number of halogens is 1. The van der Waals surface area contributed by atoms with Crippen LogP contribution in [0, 0.1) is 0 Å². The number of ether oxygens (including phenoxy) is 2. The SMILES string of the molecule is O=C(O)c1cc(-c2c(Br)ccc3c2COCO3)no1. The van der Waals surface area contributed by atoms with Crippen LogP contribution in [0.4, 0.5) is 0 Å². The first kappa shape index (κ1) is 12.2. The van der Waals surface area contributed by atoms with Crippen molar-refractivity contribution in [2.24, 2.45) is 0 Å². The van der Waals surface area contributed by atoms with E-state index in [2.05, 4.69) is 21.1 Å². The zero-order valence-corrected chi connectivity index (χ0v) is 11.1. The van der Waals surface area contributed by atoms with Crippen LogP contribution >= 0.6 is 15.9 Å². The molecule has 0 atom stereocenters. The molecular weight excluding hydrogens is 318 g/mol. The maximum absolute atomic E-state index is 10.8. The highest BCUT2D eigenvalue weighted by molar-refractivity contribution is 9.10. The molecule has 6 nitrogen and oxygen atoms in total. The van der Waals surface area contributed by atoms with Crippen LogP contribution in [0.1, 0.15) is 16.1 Å². The molecule has 19 heavy (non-hydrogen) atoms. The van der Waals surface area contributed by atoms with E-state index in [1.807, 2.05) is 12.1 Å². The van der Waals surface area contributed by atoms with Crippen molar-refractivity contribution in [3.05, 3.63) is 34.0 Å². The van der Waals surface area contributed by atoms with Crippen LogP contribution in [0.3, 0.4) is 0 Å². The van der Waals surface area contributed by atoms with Crippen LogP contribution in [-0.4, -0.2) is 23.0 Å². The molecule has 0 saturated carbocycles. The predicted molar refractivity (Wildman–Crippen MR) is 66.9 cm³/mol. The van der Waals surface area contributed by atoms with Crippen molar-refractivity contribution >= 4 is 21.9 Å². The van der Waals surface area contributed by atoms with E-state index in [-0.39, 0.29) is 12.6 Å². The number of aromatic carboxylic acids is 1. The largest absolute Gasteiger partial charge is 0.475 e. The second-order valence-electron chi connectivity index (χ2n) is 3.89. The van der Waals surface area contributed by atoms with Gasteiger partial charge in [-0.05, 0) is 12.1 Å². The van der Waals surface area contributed by atoms with Gasteiger partial charge >= 0.3 is 5.97 Å². The average Bonchev–Trinajstić information content (AvgIpc) is 2.88. The van der Waals surface area contributed by atoms with Crippen molar-refractivity contribution in [3.63, 3.8) is 0 Å². The topological polar surface area (TPSA) is 81.8 Å². The zero-order chi connectivity index (χ0) is 13.4. The molecule has 0 fully saturated rings. The highest BCUT2D eigenvalue weighted by Gasteiger charge is 2.22. The molecule has 0 aliphatic carbocycles. The van der Waals surface area contributed by atoms with Gasteiger partial charge in [-0.2, -0.15) is 0 Å². The second kappa shape index (κ2) is 4.67. The molecule has 0 spiro atoms. The molecule has 3 rings (SSSR count). The molecule has 2 aromatic rings. The van der Waals surface area contributed by atoms with Crippen LogP contribution < -0.4 is 4.74 Å². The summed E-state index contributed by atoms with van der Waals surface area (Å²) in [4.78, 5) is 10.8. The molecule has 1 aliphatic rings. The molecule has 0 unspecified atom stereocenters. The number of carboxylic acid groups (broad SMARTS) is 1. The number of hydrogen-bond acceptors (Lipinski definition) is 5. The number of rotatable bonds is 2. The van der Waals surface area contributed by atoms with Gasteiger partial charge in [-0.15, -0.1) is 0 Å². The Balaban J connectivity index is 2.15. The van der Waals surface area contributed by atoms with Crippen molar-refractivity contribution in [2.45, 2.75) is 6.61 Å². The minimum absolute atomic E-state index is 0.202. The van der Waals surface area contributed by atoms with Gasteiger partial charge in [0.1, 0.15) is 11.4 Å². The van der Waals surface area contributed by atoms with Gasteiger partial charge in [-0.25, -0.2) is 4.79 Å². The third-order valence-electron chi connectivity index (χ3n) is 2.74. The molecule has 0 radical (unpaired) electrons. The molecule has 0 saturated heterocycles. The van der Waals surface area contributed by atoms with E-state index in [9.17, 15) is 4.79 Å². The van der Waals surface area contributed by atoms with Crippen LogP contribution in [0.2, 0.25) is 0 Å². The first-order valence-corrected chi connectivity index (χ1v) is 6.18. The number of carbonyl (C=O) groups is 1. The minimum atomic E-state index is -1.16. The van der Waals surface area contributed by atoms with E-state index >= 15 is 0 Å². The summed E-state index contributed by atoms with van der Waals surface area (Å²) in [7, 11) is 0. The number of aromatic nitrogens is 1. The average molecular weight is 326 g/mol. The first-order chi connectivity index (χ1) is 9.16. The molecule has 1 aromatic carbocycles. The van der Waals surface area contributed by atoms with E-state index in [0.717, 1.165) is 10.0 Å². The molecule has 0 bridgehead atoms. The molecule has 0 amide bonds. The van der Waals surface area contributed by atoms with Gasteiger partial charge in [0, 0.05) is 21.7 Å². The fraction of sp³-hybridized carbons (Fsp3) is 0.167. The van der Waals surface area contributed by atoms with Crippen molar-refractivity contribution < 1.29 is 23.9 Å². The Morgan fingerprint density at radius 3 is 3.00 bits per heavy atom. The van der Waals surface area contributed by atoms with Crippen LogP contribution in [0.5, 0.6) is 5.75 Å². The molecule has 1 aliphatic heterocycles. The van der Waals surface area contributed by atoms with Gasteiger partial charge in [-0.1, -0.05) is 21.1 Å². The lowest BCUT2D eigenvalue weighted by molar-refractivity contribution is -0.0160. The molecular formula is C12H8BrNO5. The van der Waals surface area contributed by atoms with E-state index in [0.29, 0.717) is 23.6 Å². The fourth-order valence-corrected chi connectivity index (χ4v) is 2.47. The third-order valence-corrected chi connectivity index (χ3v) is 3.40. The molecule has 1 aromatic heterocycles. The van der Waals surface area contributed by atoms with Crippen molar-refractivity contribution in [3.8, 4) is 17.0 Å². The summed E-state index contributed by atoms with van der Waals surface area (Å²) in [6, 6.07) is 5.01. The quantitative estimate of drug-likeness (QED) is 0.914. The maximum Gasteiger partial charge on any atom is 0.374 e. The van der Waals surface area contributed by atoms with Crippen LogP contribution in [0.25, 0.3) is 11.3 Å². The summed E-state index contributed by atoms with van der Waals surface area (Å²) in [6.07, 6.45) is 0. The summed E-state index contributed by atoms with van der Waals surface area (Å²) in [6.45, 7) is 0.576. The number of hydrogen-bond donors (Lipinski definition) is 1. The standard InChI is InChI=1S/C12H8BrNO5/c13-7-1-2-9-6(4-17-5-18-9)11(7)8-3-10(12(15)16)19-14-8/h1-3H,4-5H2,(H,15,16). The summed E-state index contributed by atoms with van der Waals surface area (Å²) in [5.41, 5.74) is 1.95. The van der Waals surface area contributed by atoms with Gasteiger partial charge in [0.05, 0.1) is 6.61 Å². The van der Waals surface area contributed by atoms with Crippen LogP contribution in [0.15, 0.2) is 27.2 Å². The van der Waals surface area contributed by atoms with Crippen molar-refractivity contribution in [1.82, 2.24) is 5.16 Å². The van der Waals surface area contributed by atoms with E-state index in [1.54, 1.807) is 0 Å². The number of fused-ring (bicyclic) bond motifs is 1. The number of carboxylic acids is 1. The normalized spacial score (nSPS) is 13.7. The van der Waals surface area contributed by atoms with Gasteiger partial charge in [0.25, 0.3) is 0 Å². The Morgan fingerprint density at radius 1 is 1.42 bits per heavy atom. The molecule has 7 heteroatoms. The van der Waals surface area contributed by atoms with Gasteiger partial charge in [-0.3, -0.25) is 0 Å². The maximum atomic E-state index is 10.8. The third kappa shape index (κ3) is 2.11. The van der Waals surface area contributed by atoms with Gasteiger partial charge < -0.3 is 19.1 Å². The molecule has 2 heterocycles. The highest BCUT2D eigenvalue weighted by atomic mass is 79.9. The Morgan fingerprint density at radius 2 is 2.26 bits per heavy atom. The van der Waals surface area contributed by atoms with E-state index < -0.39 is 5.97 Å². The lowest BCUT2D eigenvalue weighted by Crippen LogP contribution is -2.12. The van der Waals surface area contributed by atoms with E-state index in [4.69, 9.17) is 19.1 Å². The second-order valence-corrected chi connectivity index (χ2v) is 4.75. The summed E-state index contributed by atoms with van der Waals surface area (Å²) in [5.74, 6) is -0.673. The van der Waals surface area contributed by atoms with E-state index in [1.165, 1.54) is 6.07 Å². The Labute approximate surface area is 116 Å². The predicted octanol–water partition coefficient (Wildman–Crippen LogP) is 2.67.